The van der Waals surface area contributed by atoms with Crippen LogP contribution in [0.25, 0.3) is 0 Å². The maximum absolute atomic E-state index is 5.57. The number of hydrogen-bond donors (Lipinski definition) is 1. The standard InChI is InChI=1S/C8H19N.Li.H/c1-6(2)8(5-9)7(3)4;;/h6-8H,5,9H2,1-4H3;;/q;+1;-1. The van der Waals surface area contributed by atoms with Crippen LogP contribution in [0.3, 0.4) is 0 Å². The molecule has 0 fully saturated rings. The molecule has 0 radical (unpaired) electrons. The van der Waals surface area contributed by atoms with E-state index in [0.29, 0.717) is 5.92 Å². The molecule has 0 saturated heterocycles. The second kappa shape index (κ2) is 6.28. The van der Waals surface area contributed by atoms with E-state index in [-0.39, 0.29) is 20.3 Å². The Hall–Kier alpha value is 0.557. The van der Waals surface area contributed by atoms with Gasteiger partial charge >= 0.3 is 18.9 Å². The molecule has 0 aliphatic rings. The van der Waals surface area contributed by atoms with E-state index < -0.39 is 0 Å². The maximum atomic E-state index is 5.57. The maximum Gasteiger partial charge on any atom is 1.00 e. The molecule has 0 rings (SSSR count). The van der Waals surface area contributed by atoms with Gasteiger partial charge in [-0.25, -0.2) is 0 Å². The quantitative estimate of drug-likeness (QED) is 0.496. The summed E-state index contributed by atoms with van der Waals surface area (Å²) in [5, 5.41) is 0. The summed E-state index contributed by atoms with van der Waals surface area (Å²) in [5.41, 5.74) is 5.57. The van der Waals surface area contributed by atoms with E-state index in [0.717, 1.165) is 18.4 Å². The van der Waals surface area contributed by atoms with Crippen molar-refractivity contribution in [3.63, 3.8) is 0 Å². The summed E-state index contributed by atoms with van der Waals surface area (Å²) in [7, 11) is 0. The first-order valence-corrected chi connectivity index (χ1v) is 3.79. The molecule has 2 heteroatoms. The molecule has 0 bridgehead atoms. The Morgan fingerprint density at radius 3 is 1.40 bits per heavy atom. The van der Waals surface area contributed by atoms with Crippen LogP contribution in [0.1, 0.15) is 29.1 Å². The van der Waals surface area contributed by atoms with Gasteiger partial charge in [0, 0.05) is 0 Å². The average Bonchev–Trinajstić information content (AvgIpc) is 1.64. The minimum absolute atomic E-state index is 0. The molecule has 0 heterocycles. The fourth-order valence-electron chi connectivity index (χ4n) is 1.31. The van der Waals surface area contributed by atoms with Crippen molar-refractivity contribution in [2.45, 2.75) is 27.7 Å². The second-order valence-corrected chi connectivity index (χ2v) is 3.39. The molecule has 0 saturated carbocycles. The van der Waals surface area contributed by atoms with Gasteiger partial charge in [-0.2, -0.15) is 0 Å². The van der Waals surface area contributed by atoms with Crippen LogP contribution in [0, 0.1) is 17.8 Å². The van der Waals surface area contributed by atoms with Gasteiger partial charge in [0.25, 0.3) is 0 Å². The molecule has 0 aromatic heterocycles. The fraction of sp³-hybridized carbons (Fsp3) is 1.00. The Balaban J connectivity index is -0.000000320. The average molecular weight is 137 g/mol. The first-order chi connectivity index (χ1) is 4.09. The number of rotatable bonds is 3. The molecule has 0 aliphatic carbocycles. The number of nitrogens with two attached hydrogens (primary N) is 1. The van der Waals surface area contributed by atoms with Gasteiger partial charge in [0.2, 0.25) is 0 Å². The van der Waals surface area contributed by atoms with E-state index in [4.69, 9.17) is 5.73 Å². The van der Waals surface area contributed by atoms with Crippen molar-refractivity contribution in [2.75, 3.05) is 6.54 Å². The van der Waals surface area contributed by atoms with Crippen LogP contribution < -0.4 is 24.6 Å². The van der Waals surface area contributed by atoms with Crippen LogP contribution in [0.15, 0.2) is 0 Å². The Labute approximate surface area is 78.4 Å². The summed E-state index contributed by atoms with van der Waals surface area (Å²) in [6.45, 7) is 9.76. The summed E-state index contributed by atoms with van der Waals surface area (Å²) in [4.78, 5) is 0. The van der Waals surface area contributed by atoms with Crippen molar-refractivity contribution < 1.29 is 20.3 Å². The zero-order valence-corrected chi connectivity index (χ0v) is 8.02. The summed E-state index contributed by atoms with van der Waals surface area (Å²) in [6.07, 6.45) is 0. The molecule has 0 atom stereocenters. The van der Waals surface area contributed by atoms with E-state index in [1.807, 2.05) is 0 Å². The largest absolute Gasteiger partial charge is 1.00 e. The van der Waals surface area contributed by atoms with Gasteiger partial charge in [0.05, 0.1) is 0 Å². The molecule has 10 heavy (non-hydrogen) atoms. The minimum Gasteiger partial charge on any atom is -1.00 e. The molecule has 58 valence electrons. The predicted octanol–water partition coefficient (Wildman–Crippen LogP) is -1.01. The normalized spacial score (nSPS) is 10.8. The molecule has 0 aromatic carbocycles. The molecule has 0 unspecified atom stereocenters. The summed E-state index contributed by atoms with van der Waals surface area (Å²) in [6, 6.07) is 0. The van der Waals surface area contributed by atoms with Crippen molar-refractivity contribution in [1.82, 2.24) is 0 Å². The van der Waals surface area contributed by atoms with Crippen molar-refractivity contribution in [2.24, 2.45) is 23.5 Å². The number of hydrogen-bond acceptors (Lipinski definition) is 1. The van der Waals surface area contributed by atoms with Gasteiger partial charge in [-0.3, -0.25) is 0 Å². The van der Waals surface area contributed by atoms with Gasteiger partial charge in [-0.05, 0) is 24.3 Å². The molecule has 0 aliphatic heterocycles. The summed E-state index contributed by atoms with van der Waals surface area (Å²) >= 11 is 0. The van der Waals surface area contributed by atoms with Crippen LogP contribution in [0.5, 0.6) is 0 Å². The molecule has 1 nitrogen and oxygen atoms in total. The second-order valence-electron chi connectivity index (χ2n) is 3.39. The Kier molecular flexibility index (Phi) is 8.27. The molecule has 0 aromatic rings. The van der Waals surface area contributed by atoms with Crippen LogP contribution in [-0.4, -0.2) is 6.54 Å². The van der Waals surface area contributed by atoms with Crippen molar-refractivity contribution in [1.29, 1.82) is 0 Å². The zero-order valence-electron chi connectivity index (χ0n) is 9.02. The SMILES string of the molecule is CC(C)C(CN)C(C)C.[H-].[Li+]. The molecule has 0 amide bonds. The van der Waals surface area contributed by atoms with E-state index >= 15 is 0 Å². The molecule has 0 spiro atoms. The third-order valence-electron chi connectivity index (χ3n) is 1.98. The van der Waals surface area contributed by atoms with Crippen LogP contribution in [0.2, 0.25) is 0 Å². The topological polar surface area (TPSA) is 26.0 Å². The molecular weight excluding hydrogens is 117 g/mol. The van der Waals surface area contributed by atoms with E-state index in [1.54, 1.807) is 0 Å². The Morgan fingerprint density at radius 1 is 1.10 bits per heavy atom. The smallest absolute Gasteiger partial charge is 1.00 e. The van der Waals surface area contributed by atoms with Crippen molar-refractivity contribution in [3.05, 3.63) is 0 Å². The monoisotopic (exact) mass is 137 g/mol. The third kappa shape index (κ3) is 4.39. The third-order valence-corrected chi connectivity index (χ3v) is 1.98. The van der Waals surface area contributed by atoms with E-state index in [1.165, 1.54) is 0 Å². The van der Waals surface area contributed by atoms with Gasteiger partial charge in [-0.15, -0.1) is 0 Å². The van der Waals surface area contributed by atoms with Crippen LogP contribution in [0.4, 0.5) is 0 Å². The summed E-state index contributed by atoms with van der Waals surface area (Å²) < 4.78 is 0. The fourth-order valence-corrected chi connectivity index (χ4v) is 1.31. The first kappa shape index (κ1) is 13.2. The van der Waals surface area contributed by atoms with Crippen LogP contribution >= 0.6 is 0 Å². The minimum atomic E-state index is 0. The molecular formula is C8H20LiN. The van der Waals surface area contributed by atoms with Gasteiger partial charge in [-0.1, -0.05) is 27.7 Å². The van der Waals surface area contributed by atoms with E-state index in [2.05, 4.69) is 27.7 Å². The zero-order chi connectivity index (χ0) is 7.44. The predicted molar refractivity (Wildman–Crippen MR) is 43.3 cm³/mol. The van der Waals surface area contributed by atoms with Gasteiger partial charge < -0.3 is 7.16 Å². The first-order valence-electron chi connectivity index (χ1n) is 3.79. The van der Waals surface area contributed by atoms with Crippen molar-refractivity contribution >= 4 is 0 Å². The van der Waals surface area contributed by atoms with Gasteiger partial charge in [0.15, 0.2) is 0 Å². The Bertz CT molecular complexity index is 68.5. The Morgan fingerprint density at radius 2 is 1.40 bits per heavy atom. The van der Waals surface area contributed by atoms with Gasteiger partial charge in [0.1, 0.15) is 0 Å². The molecule has 2 N–H and O–H groups in total. The summed E-state index contributed by atoms with van der Waals surface area (Å²) in [5.74, 6) is 2.16. The van der Waals surface area contributed by atoms with E-state index in [9.17, 15) is 0 Å². The van der Waals surface area contributed by atoms with Crippen LogP contribution in [-0.2, 0) is 0 Å². The van der Waals surface area contributed by atoms with Crippen molar-refractivity contribution in [3.8, 4) is 0 Å².